The molecule has 2 rings (SSSR count). The van der Waals surface area contributed by atoms with Crippen molar-refractivity contribution in [2.45, 2.75) is 31.5 Å². The molecule has 0 fully saturated rings. The van der Waals surface area contributed by atoms with Crippen molar-refractivity contribution in [2.24, 2.45) is 5.73 Å². The molecule has 2 aromatic heterocycles. The van der Waals surface area contributed by atoms with Crippen molar-refractivity contribution < 1.29 is 8.42 Å². The van der Waals surface area contributed by atoms with Crippen LogP contribution < -0.4 is 10.5 Å². The fraction of sp³-hybridized carbons (Fsp3) is 0.417. The highest BCUT2D eigenvalue weighted by molar-refractivity contribution is 7.89. The second-order valence-corrected chi connectivity index (χ2v) is 6.12. The third kappa shape index (κ3) is 3.27. The molecule has 0 aliphatic heterocycles. The zero-order valence-corrected chi connectivity index (χ0v) is 12.2. The van der Waals surface area contributed by atoms with Crippen molar-refractivity contribution in [3.63, 3.8) is 0 Å². The molecular weight excluding hydrogens is 278 g/mol. The molecule has 2 heterocycles. The SMILES string of the molecule is CCn1cc(S(=O)(=O)NCCn2ccnc2)cc1CN. The molecular formula is C12H19N5O2S. The zero-order valence-electron chi connectivity index (χ0n) is 11.4. The number of hydrogen-bond acceptors (Lipinski definition) is 4. The van der Waals surface area contributed by atoms with E-state index in [9.17, 15) is 8.42 Å². The van der Waals surface area contributed by atoms with Crippen LogP contribution in [0.15, 0.2) is 35.9 Å². The Bertz CT molecular complexity index is 624. The van der Waals surface area contributed by atoms with Crippen LogP contribution in [-0.2, 0) is 29.7 Å². The van der Waals surface area contributed by atoms with Crippen molar-refractivity contribution in [3.05, 3.63) is 36.7 Å². The maximum absolute atomic E-state index is 12.2. The van der Waals surface area contributed by atoms with Gasteiger partial charge in [-0.1, -0.05) is 0 Å². The summed E-state index contributed by atoms with van der Waals surface area (Å²) in [7, 11) is -3.50. The summed E-state index contributed by atoms with van der Waals surface area (Å²) < 4.78 is 30.6. The van der Waals surface area contributed by atoms with Gasteiger partial charge >= 0.3 is 0 Å². The van der Waals surface area contributed by atoms with Crippen molar-refractivity contribution in [1.82, 2.24) is 18.8 Å². The van der Waals surface area contributed by atoms with Crippen LogP contribution >= 0.6 is 0 Å². The minimum Gasteiger partial charge on any atom is -0.349 e. The molecule has 2 aromatic rings. The summed E-state index contributed by atoms with van der Waals surface area (Å²) in [4.78, 5) is 4.16. The van der Waals surface area contributed by atoms with Gasteiger partial charge in [-0.2, -0.15) is 0 Å². The van der Waals surface area contributed by atoms with Crippen LogP contribution in [0.3, 0.4) is 0 Å². The van der Waals surface area contributed by atoms with Gasteiger partial charge in [0.1, 0.15) is 0 Å². The van der Waals surface area contributed by atoms with Gasteiger partial charge in [0, 0.05) is 50.5 Å². The van der Waals surface area contributed by atoms with Crippen LogP contribution in [0.4, 0.5) is 0 Å². The molecule has 0 aliphatic carbocycles. The first kappa shape index (κ1) is 14.8. The van der Waals surface area contributed by atoms with Gasteiger partial charge < -0.3 is 14.9 Å². The van der Waals surface area contributed by atoms with Crippen LogP contribution in [0, 0.1) is 0 Å². The van der Waals surface area contributed by atoms with E-state index < -0.39 is 10.0 Å². The highest BCUT2D eigenvalue weighted by Gasteiger charge is 2.17. The summed E-state index contributed by atoms with van der Waals surface area (Å²) in [5.74, 6) is 0. The molecule has 0 aliphatic rings. The number of aromatic nitrogens is 3. The smallest absolute Gasteiger partial charge is 0.242 e. The molecule has 7 nitrogen and oxygen atoms in total. The Morgan fingerprint density at radius 3 is 2.80 bits per heavy atom. The molecule has 3 N–H and O–H groups in total. The van der Waals surface area contributed by atoms with E-state index in [4.69, 9.17) is 5.73 Å². The first-order chi connectivity index (χ1) is 9.56. The van der Waals surface area contributed by atoms with Crippen molar-refractivity contribution in [2.75, 3.05) is 6.54 Å². The van der Waals surface area contributed by atoms with E-state index in [0.717, 1.165) is 5.69 Å². The predicted molar refractivity (Wildman–Crippen MR) is 75.4 cm³/mol. The Hall–Kier alpha value is -1.64. The molecule has 0 spiro atoms. The lowest BCUT2D eigenvalue weighted by Crippen LogP contribution is -2.27. The van der Waals surface area contributed by atoms with E-state index in [1.807, 2.05) is 16.1 Å². The summed E-state index contributed by atoms with van der Waals surface area (Å²) >= 11 is 0. The molecule has 0 aromatic carbocycles. The number of hydrogen-bond donors (Lipinski definition) is 2. The Morgan fingerprint density at radius 1 is 1.45 bits per heavy atom. The van der Waals surface area contributed by atoms with E-state index in [-0.39, 0.29) is 4.90 Å². The number of rotatable bonds is 7. The number of imidazole rings is 1. The summed E-state index contributed by atoms with van der Waals surface area (Å²) in [6.07, 6.45) is 6.70. The van der Waals surface area contributed by atoms with E-state index >= 15 is 0 Å². The van der Waals surface area contributed by atoms with Crippen LogP contribution in [0.25, 0.3) is 0 Å². The minimum atomic E-state index is -3.50. The fourth-order valence-corrected chi connectivity index (χ4v) is 3.03. The van der Waals surface area contributed by atoms with Crippen LogP contribution in [0.2, 0.25) is 0 Å². The molecule has 20 heavy (non-hydrogen) atoms. The highest BCUT2D eigenvalue weighted by atomic mass is 32.2. The average Bonchev–Trinajstić information content (AvgIpc) is 3.07. The maximum Gasteiger partial charge on any atom is 0.242 e. The van der Waals surface area contributed by atoms with Gasteiger partial charge in [-0.15, -0.1) is 0 Å². The Morgan fingerprint density at radius 2 is 2.25 bits per heavy atom. The van der Waals surface area contributed by atoms with Gasteiger partial charge in [0.25, 0.3) is 0 Å². The molecule has 0 bridgehead atoms. The average molecular weight is 297 g/mol. The first-order valence-electron chi connectivity index (χ1n) is 6.41. The minimum absolute atomic E-state index is 0.255. The fourth-order valence-electron chi connectivity index (χ4n) is 1.95. The normalized spacial score (nSPS) is 11.9. The standard InChI is InChI=1S/C12H19N5O2S/c1-2-17-9-12(7-11(17)8-13)20(18,19)15-4-6-16-5-3-14-10-16/h3,5,7,9-10,15H,2,4,6,8,13H2,1H3. The van der Waals surface area contributed by atoms with Crippen LogP contribution in [0.5, 0.6) is 0 Å². The number of nitrogens with two attached hydrogens (primary N) is 1. The molecule has 0 radical (unpaired) electrons. The summed E-state index contributed by atoms with van der Waals surface area (Å²) in [5.41, 5.74) is 6.41. The van der Waals surface area contributed by atoms with Crippen LogP contribution in [-0.4, -0.2) is 29.1 Å². The number of aryl methyl sites for hydroxylation is 1. The van der Waals surface area contributed by atoms with Crippen LogP contribution in [0.1, 0.15) is 12.6 Å². The largest absolute Gasteiger partial charge is 0.349 e. The van der Waals surface area contributed by atoms with E-state index in [2.05, 4.69) is 9.71 Å². The second kappa shape index (κ2) is 6.21. The van der Waals surface area contributed by atoms with E-state index in [1.54, 1.807) is 31.0 Å². The summed E-state index contributed by atoms with van der Waals surface area (Å²) in [5, 5.41) is 0. The quantitative estimate of drug-likeness (QED) is 0.760. The Kier molecular flexibility index (Phi) is 4.58. The van der Waals surface area contributed by atoms with Gasteiger partial charge in [-0.05, 0) is 13.0 Å². The Balaban J connectivity index is 2.04. The zero-order chi connectivity index (χ0) is 14.6. The summed E-state index contributed by atoms with van der Waals surface area (Å²) in [6, 6.07) is 1.61. The predicted octanol–water partition coefficient (Wildman–Crippen LogP) is 0.142. The number of sulfonamides is 1. The molecule has 0 saturated carbocycles. The van der Waals surface area contributed by atoms with Gasteiger partial charge in [0.15, 0.2) is 0 Å². The van der Waals surface area contributed by atoms with Gasteiger partial charge in [-0.3, -0.25) is 0 Å². The summed E-state index contributed by atoms with van der Waals surface area (Å²) in [6.45, 7) is 3.81. The third-order valence-corrected chi connectivity index (χ3v) is 4.47. The highest BCUT2D eigenvalue weighted by Crippen LogP contribution is 2.14. The molecule has 0 unspecified atom stereocenters. The monoisotopic (exact) mass is 297 g/mol. The van der Waals surface area contributed by atoms with Gasteiger partial charge in [0.2, 0.25) is 10.0 Å². The van der Waals surface area contributed by atoms with Gasteiger partial charge in [0.05, 0.1) is 11.2 Å². The van der Waals surface area contributed by atoms with Crippen molar-refractivity contribution in [1.29, 1.82) is 0 Å². The molecule has 0 amide bonds. The lowest BCUT2D eigenvalue weighted by Gasteiger charge is -2.05. The van der Waals surface area contributed by atoms with E-state index in [0.29, 0.717) is 26.2 Å². The lowest BCUT2D eigenvalue weighted by atomic mass is 10.4. The van der Waals surface area contributed by atoms with Gasteiger partial charge in [-0.25, -0.2) is 18.1 Å². The molecule has 8 heteroatoms. The molecule has 0 atom stereocenters. The van der Waals surface area contributed by atoms with Crippen molar-refractivity contribution >= 4 is 10.0 Å². The topological polar surface area (TPSA) is 94.9 Å². The number of nitrogens with one attached hydrogen (secondary N) is 1. The third-order valence-electron chi connectivity index (χ3n) is 3.04. The molecule has 0 saturated heterocycles. The van der Waals surface area contributed by atoms with Crippen molar-refractivity contribution in [3.8, 4) is 0 Å². The van der Waals surface area contributed by atoms with E-state index in [1.165, 1.54) is 0 Å². The Labute approximate surface area is 118 Å². The molecule has 110 valence electrons. The first-order valence-corrected chi connectivity index (χ1v) is 7.89. The second-order valence-electron chi connectivity index (χ2n) is 4.36. The number of nitrogens with zero attached hydrogens (tertiary/aromatic N) is 3. The lowest BCUT2D eigenvalue weighted by molar-refractivity contribution is 0.572. The maximum atomic E-state index is 12.2.